The highest BCUT2D eigenvalue weighted by Crippen LogP contribution is 2.66. The third kappa shape index (κ3) is 4.61. The lowest BCUT2D eigenvalue weighted by Gasteiger charge is -2.56. The van der Waals surface area contributed by atoms with Gasteiger partial charge in [-0.15, -0.1) is 0 Å². The minimum Gasteiger partial charge on any atom is -0.438 e. The van der Waals surface area contributed by atoms with E-state index in [1.807, 2.05) is 13.0 Å². The minimum atomic E-state index is -0.288. The van der Waals surface area contributed by atoms with Crippen LogP contribution >= 0.6 is 0 Å². The number of Topliss-reactive ketones (excluding diaryl/α,β-unsaturated/α-hetero) is 1. The smallest absolute Gasteiger partial charge is 0.307 e. The molecule has 0 aliphatic heterocycles. The average molecular weight is 459 g/mol. The molecule has 0 saturated heterocycles. The Morgan fingerprint density at radius 1 is 1.06 bits per heavy atom. The highest BCUT2D eigenvalue weighted by molar-refractivity contribution is 6.01. The second-order valence-electron chi connectivity index (χ2n) is 10.8. The number of esters is 1. The van der Waals surface area contributed by atoms with Crippen LogP contribution in [0.5, 0.6) is 0 Å². The minimum absolute atomic E-state index is 0.0126. The molecule has 0 N–H and O–H groups in total. The molecule has 0 aromatic heterocycles. The normalized spacial score (nSPS) is 37.1. The van der Waals surface area contributed by atoms with Crippen LogP contribution in [0.25, 0.3) is 0 Å². The van der Waals surface area contributed by atoms with Gasteiger partial charge in [0, 0.05) is 17.8 Å². The molecule has 4 aliphatic carbocycles. The van der Waals surface area contributed by atoms with Gasteiger partial charge in [0.15, 0.2) is 25.2 Å². The van der Waals surface area contributed by atoms with Crippen LogP contribution in [0, 0.1) is 34.5 Å². The van der Waals surface area contributed by atoms with Crippen LogP contribution in [0.3, 0.4) is 0 Å². The number of carbonyl (C=O) groups excluding carboxylic acids is 3. The van der Waals surface area contributed by atoms with Crippen LogP contribution in [0.4, 0.5) is 0 Å². The van der Waals surface area contributed by atoms with E-state index in [9.17, 15) is 14.4 Å². The lowest BCUT2D eigenvalue weighted by Crippen LogP contribution is -2.50. The lowest BCUT2D eigenvalue weighted by molar-refractivity contribution is -0.170. The van der Waals surface area contributed by atoms with E-state index in [1.165, 1.54) is 5.57 Å². The summed E-state index contributed by atoms with van der Waals surface area (Å²) in [7, 11) is 0. The summed E-state index contributed by atoms with van der Waals surface area (Å²) in [4.78, 5) is 36.3. The van der Waals surface area contributed by atoms with Crippen molar-refractivity contribution in [2.24, 2.45) is 34.5 Å². The van der Waals surface area contributed by atoms with E-state index in [0.717, 1.165) is 44.9 Å². The molecule has 182 valence electrons. The molecule has 0 bridgehead atoms. The molecular weight excluding hydrogens is 420 g/mol. The van der Waals surface area contributed by atoms with Crippen molar-refractivity contribution in [3.63, 3.8) is 0 Å². The number of hydrogen-bond donors (Lipinski definition) is 0. The second kappa shape index (κ2) is 9.83. The largest absolute Gasteiger partial charge is 0.438 e. The van der Waals surface area contributed by atoms with Crippen molar-refractivity contribution in [2.45, 2.75) is 72.1 Å². The topological polar surface area (TPSA) is 78.9 Å². The van der Waals surface area contributed by atoms with Gasteiger partial charge in [0.05, 0.1) is 0 Å². The molecule has 0 radical (unpaired) electrons. The van der Waals surface area contributed by atoms with Crippen LogP contribution in [-0.2, 0) is 28.6 Å². The molecule has 4 aliphatic rings. The molecule has 6 nitrogen and oxygen atoms in total. The van der Waals surface area contributed by atoms with Crippen molar-refractivity contribution < 1.29 is 28.6 Å². The van der Waals surface area contributed by atoms with Crippen molar-refractivity contribution in [1.82, 2.24) is 0 Å². The Kier molecular flexibility index (Phi) is 7.25. The number of fused-ring (bicyclic) bond motifs is 5. The SMILES string of the molecule is CCCC(=O)OCOCOCC(=O)[C@H]1CC[C@H]2[C@@H]3CCC4=CC(=O)C=C[C@]4(C)[C@H]3CC[C@]12C. The molecule has 33 heavy (non-hydrogen) atoms. The van der Waals surface area contributed by atoms with E-state index in [4.69, 9.17) is 14.2 Å². The van der Waals surface area contributed by atoms with Gasteiger partial charge in [-0.3, -0.25) is 14.4 Å². The average Bonchev–Trinajstić information content (AvgIpc) is 3.14. The van der Waals surface area contributed by atoms with Gasteiger partial charge in [0.1, 0.15) is 6.61 Å². The maximum absolute atomic E-state index is 13.1. The van der Waals surface area contributed by atoms with E-state index in [-0.39, 0.29) is 54.5 Å². The number of ketones is 2. The zero-order chi connectivity index (χ0) is 23.6. The van der Waals surface area contributed by atoms with Gasteiger partial charge in [-0.1, -0.05) is 32.4 Å². The van der Waals surface area contributed by atoms with E-state index in [2.05, 4.69) is 19.9 Å². The van der Waals surface area contributed by atoms with Crippen LogP contribution in [0.1, 0.15) is 72.1 Å². The maximum Gasteiger partial charge on any atom is 0.307 e. The van der Waals surface area contributed by atoms with Gasteiger partial charge in [-0.05, 0) is 80.3 Å². The zero-order valence-corrected chi connectivity index (χ0v) is 20.3. The van der Waals surface area contributed by atoms with Crippen LogP contribution in [0.2, 0.25) is 0 Å². The fourth-order valence-corrected chi connectivity index (χ4v) is 7.45. The fraction of sp³-hybridized carbons (Fsp3) is 0.741. The lowest BCUT2D eigenvalue weighted by atomic mass is 9.47. The molecular formula is C27H38O6. The van der Waals surface area contributed by atoms with Crippen molar-refractivity contribution >= 4 is 17.5 Å². The third-order valence-corrected chi connectivity index (χ3v) is 9.11. The summed E-state index contributed by atoms with van der Waals surface area (Å²) in [5.41, 5.74) is 1.31. The number of allylic oxidation sites excluding steroid dienone is 4. The highest BCUT2D eigenvalue weighted by Gasteiger charge is 2.59. The van der Waals surface area contributed by atoms with E-state index in [1.54, 1.807) is 6.08 Å². The Morgan fingerprint density at radius 3 is 2.67 bits per heavy atom. The van der Waals surface area contributed by atoms with Gasteiger partial charge < -0.3 is 14.2 Å². The molecule has 0 unspecified atom stereocenters. The molecule has 0 heterocycles. The first-order valence-corrected chi connectivity index (χ1v) is 12.6. The second-order valence-corrected chi connectivity index (χ2v) is 10.8. The fourth-order valence-electron chi connectivity index (χ4n) is 7.45. The molecule has 6 atom stereocenters. The Balaban J connectivity index is 1.31. The predicted molar refractivity (Wildman–Crippen MR) is 123 cm³/mol. The first-order valence-electron chi connectivity index (χ1n) is 12.6. The molecule has 3 fully saturated rings. The summed E-state index contributed by atoms with van der Waals surface area (Å²) in [6, 6.07) is 0. The molecule has 3 saturated carbocycles. The van der Waals surface area contributed by atoms with Gasteiger partial charge in [-0.25, -0.2) is 0 Å². The number of rotatable bonds is 9. The molecule has 0 spiro atoms. The number of ether oxygens (including phenoxy) is 3. The number of carbonyl (C=O) groups is 3. The first-order chi connectivity index (χ1) is 15.8. The summed E-state index contributed by atoms with van der Waals surface area (Å²) in [5, 5.41) is 0. The van der Waals surface area contributed by atoms with E-state index < -0.39 is 0 Å². The van der Waals surface area contributed by atoms with Crippen LogP contribution in [0.15, 0.2) is 23.8 Å². The first kappa shape index (κ1) is 24.3. The monoisotopic (exact) mass is 458 g/mol. The van der Waals surface area contributed by atoms with Gasteiger partial charge in [0.2, 0.25) is 0 Å². The molecule has 4 rings (SSSR count). The third-order valence-electron chi connectivity index (χ3n) is 9.11. The molecule has 0 amide bonds. The Morgan fingerprint density at radius 2 is 1.88 bits per heavy atom. The van der Waals surface area contributed by atoms with Crippen LogP contribution < -0.4 is 0 Å². The number of hydrogen-bond acceptors (Lipinski definition) is 6. The molecule has 0 aromatic carbocycles. The van der Waals surface area contributed by atoms with Crippen molar-refractivity contribution in [3.05, 3.63) is 23.8 Å². The van der Waals surface area contributed by atoms with Crippen LogP contribution in [-0.4, -0.2) is 37.7 Å². The summed E-state index contributed by atoms with van der Waals surface area (Å²) in [6.07, 6.45) is 13.2. The molecule has 0 aromatic rings. The summed E-state index contributed by atoms with van der Waals surface area (Å²) < 4.78 is 15.6. The Labute approximate surface area is 197 Å². The predicted octanol–water partition coefficient (Wildman–Crippen LogP) is 4.77. The quantitative estimate of drug-likeness (QED) is 0.281. The zero-order valence-electron chi connectivity index (χ0n) is 20.3. The summed E-state index contributed by atoms with van der Waals surface area (Å²) in [5.74, 6) is 1.72. The Bertz CT molecular complexity index is 844. The van der Waals surface area contributed by atoms with Crippen molar-refractivity contribution in [1.29, 1.82) is 0 Å². The van der Waals surface area contributed by atoms with Gasteiger partial charge in [-0.2, -0.15) is 0 Å². The summed E-state index contributed by atoms with van der Waals surface area (Å²) >= 11 is 0. The summed E-state index contributed by atoms with van der Waals surface area (Å²) in [6.45, 7) is 6.39. The standard InChI is InChI=1S/C27H38O6/c1-4-5-25(30)33-17-32-16-31-15-24(29)23-9-8-21-20-7-6-18-14-19(28)10-12-26(18,2)22(20)11-13-27(21,23)3/h10,12,14,20-23H,4-9,11,13,15-17H2,1-3H3/t20-,21-,22-,23+,26-,27-/m0/s1. The Hall–Kier alpha value is -1.79. The highest BCUT2D eigenvalue weighted by atomic mass is 16.7. The van der Waals surface area contributed by atoms with E-state index in [0.29, 0.717) is 24.2 Å². The van der Waals surface area contributed by atoms with Gasteiger partial charge in [0.25, 0.3) is 0 Å². The molecule has 6 heteroatoms. The van der Waals surface area contributed by atoms with Crippen molar-refractivity contribution in [2.75, 3.05) is 20.2 Å². The van der Waals surface area contributed by atoms with E-state index >= 15 is 0 Å². The van der Waals surface area contributed by atoms with Gasteiger partial charge >= 0.3 is 5.97 Å². The van der Waals surface area contributed by atoms with Crippen molar-refractivity contribution in [3.8, 4) is 0 Å². The maximum atomic E-state index is 13.1.